The average Bonchev–Trinajstić information content (AvgIpc) is 2.42. The van der Waals surface area contributed by atoms with E-state index < -0.39 is 0 Å². The summed E-state index contributed by atoms with van der Waals surface area (Å²) in [5, 5.41) is 0. The van der Waals surface area contributed by atoms with Gasteiger partial charge in [0.2, 0.25) is 0 Å². The Balaban J connectivity index is 2.18. The molecule has 0 saturated carbocycles. The molecule has 56 valence electrons. The van der Waals surface area contributed by atoms with Crippen LogP contribution in [-0.4, -0.2) is 23.0 Å². The summed E-state index contributed by atoms with van der Waals surface area (Å²) in [5.41, 5.74) is 5.90. The molecular weight excluding hydrogens is 124 g/mol. The van der Waals surface area contributed by atoms with Gasteiger partial charge < -0.3 is 10.6 Å². The summed E-state index contributed by atoms with van der Waals surface area (Å²) < 4.78 is 0. The minimum atomic E-state index is 0.414. The van der Waals surface area contributed by atoms with E-state index in [0.29, 0.717) is 12.1 Å². The smallest absolute Gasteiger partial charge is 0.0439 e. The molecule has 2 saturated heterocycles. The van der Waals surface area contributed by atoms with Gasteiger partial charge in [-0.1, -0.05) is 6.58 Å². The first-order valence-corrected chi connectivity index (χ1v) is 3.98. The Bertz CT molecular complexity index is 155. The van der Waals surface area contributed by atoms with Crippen molar-refractivity contribution < 1.29 is 0 Å². The molecule has 2 heteroatoms. The molecule has 2 bridgehead atoms. The Morgan fingerprint density at radius 3 is 2.60 bits per heavy atom. The van der Waals surface area contributed by atoms with Crippen molar-refractivity contribution in [2.24, 2.45) is 5.73 Å². The molecule has 0 unspecified atom stereocenters. The van der Waals surface area contributed by atoms with Gasteiger partial charge in [0.25, 0.3) is 0 Å². The average molecular weight is 138 g/mol. The van der Waals surface area contributed by atoms with Crippen LogP contribution in [0.15, 0.2) is 12.8 Å². The van der Waals surface area contributed by atoms with E-state index >= 15 is 0 Å². The summed E-state index contributed by atoms with van der Waals surface area (Å²) in [6.07, 6.45) is 5.73. The van der Waals surface area contributed by atoms with Crippen LogP contribution in [0.4, 0.5) is 0 Å². The van der Waals surface area contributed by atoms with Gasteiger partial charge in [-0.3, -0.25) is 0 Å². The van der Waals surface area contributed by atoms with Crippen LogP contribution >= 0.6 is 0 Å². The first-order chi connectivity index (χ1) is 4.83. The molecule has 0 spiro atoms. The van der Waals surface area contributed by atoms with Crippen molar-refractivity contribution in [3.8, 4) is 0 Å². The van der Waals surface area contributed by atoms with Crippen molar-refractivity contribution in [3.05, 3.63) is 12.8 Å². The maximum atomic E-state index is 5.90. The molecule has 2 fully saturated rings. The molecule has 2 heterocycles. The zero-order valence-corrected chi connectivity index (χ0v) is 6.16. The number of rotatable bonds is 1. The molecule has 2 aliphatic rings. The molecule has 0 radical (unpaired) electrons. The Kier molecular flexibility index (Phi) is 1.24. The summed E-state index contributed by atoms with van der Waals surface area (Å²) >= 11 is 0. The fourth-order valence-electron chi connectivity index (χ4n) is 2.36. The Hall–Kier alpha value is -0.500. The maximum Gasteiger partial charge on any atom is 0.0439 e. The van der Waals surface area contributed by atoms with E-state index in [1.54, 1.807) is 0 Å². The number of nitrogens with two attached hydrogens (primary N) is 1. The van der Waals surface area contributed by atoms with Crippen LogP contribution in [0.3, 0.4) is 0 Å². The second-order valence-corrected chi connectivity index (χ2v) is 3.33. The predicted molar refractivity (Wildman–Crippen MR) is 41.4 cm³/mol. The third kappa shape index (κ3) is 0.626. The van der Waals surface area contributed by atoms with Gasteiger partial charge in [-0.2, -0.15) is 0 Å². The minimum Gasteiger partial charge on any atom is -0.370 e. The third-order valence-electron chi connectivity index (χ3n) is 2.85. The molecule has 2 nitrogen and oxygen atoms in total. The van der Waals surface area contributed by atoms with Gasteiger partial charge >= 0.3 is 0 Å². The van der Waals surface area contributed by atoms with Crippen molar-refractivity contribution in [2.75, 3.05) is 0 Å². The van der Waals surface area contributed by atoms with Crippen molar-refractivity contribution >= 4 is 0 Å². The van der Waals surface area contributed by atoms with Gasteiger partial charge in [0, 0.05) is 18.1 Å². The standard InChI is InChI=1S/C8H14N2/c1-2-10-6-3-4-8(10)7(9)5-6/h2,6-8H,1,3-5,9H2/t6-,7+,8+/m1/s1. The fraction of sp³-hybridized carbons (Fsp3) is 0.750. The van der Waals surface area contributed by atoms with E-state index in [4.69, 9.17) is 5.73 Å². The molecule has 0 aromatic carbocycles. The first kappa shape index (κ1) is 6.23. The minimum absolute atomic E-state index is 0.414. The van der Waals surface area contributed by atoms with Gasteiger partial charge in [-0.05, 0) is 25.5 Å². The number of fused-ring (bicyclic) bond motifs is 2. The molecule has 3 atom stereocenters. The Morgan fingerprint density at radius 1 is 1.50 bits per heavy atom. The first-order valence-electron chi connectivity index (χ1n) is 3.98. The van der Waals surface area contributed by atoms with E-state index in [0.717, 1.165) is 6.04 Å². The highest BCUT2D eigenvalue weighted by atomic mass is 15.2. The largest absolute Gasteiger partial charge is 0.370 e. The van der Waals surface area contributed by atoms with Gasteiger partial charge in [0.1, 0.15) is 0 Å². The van der Waals surface area contributed by atoms with Crippen LogP contribution in [0.2, 0.25) is 0 Å². The normalized spacial score (nSPS) is 44.5. The lowest BCUT2D eigenvalue weighted by atomic mass is 9.97. The van der Waals surface area contributed by atoms with Crippen molar-refractivity contribution in [1.82, 2.24) is 4.90 Å². The molecule has 10 heavy (non-hydrogen) atoms. The summed E-state index contributed by atoms with van der Waals surface area (Å²) in [4.78, 5) is 2.34. The van der Waals surface area contributed by atoms with E-state index in [1.807, 2.05) is 6.20 Å². The van der Waals surface area contributed by atoms with E-state index in [9.17, 15) is 0 Å². The molecular formula is C8H14N2. The Labute approximate surface area is 61.7 Å². The van der Waals surface area contributed by atoms with E-state index in [2.05, 4.69) is 11.5 Å². The zero-order chi connectivity index (χ0) is 7.14. The highest BCUT2D eigenvalue weighted by molar-refractivity contribution is 5.05. The molecule has 2 N–H and O–H groups in total. The molecule has 0 aromatic rings. The lowest BCUT2D eigenvalue weighted by Crippen LogP contribution is -2.34. The van der Waals surface area contributed by atoms with Gasteiger partial charge in [-0.25, -0.2) is 0 Å². The number of hydrogen-bond acceptors (Lipinski definition) is 2. The van der Waals surface area contributed by atoms with Crippen molar-refractivity contribution in [3.63, 3.8) is 0 Å². The third-order valence-corrected chi connectivity index (χ3v) is 2.85. The van der Waals surface area contributed by atoms with E-state index in [-0.39, 0.29) is 0 Å². The lowest BCUT2D eigenvalue weighted by molar-refractivity contribution is 0.349. The van der Waals surface area contributed by atoms with Crippen molar-refractivity contribution in [2.45, 2.75) is 37.4 Å². The summed E-state index contributed by atoms with van der Waals surface area (Å²) in [5.74, 6) is 0. The number of nitrogens with zero attached hydrogens (tertiary/aromatic N) is 1. The molecule has 2 rings (SSSR count). The molecule has 0 aliphatic carbocycles. The van der Waals surface area contributed by atoms with Crippen LogP contribution in [0.25, 0.3) is 0 Å². The second kappa shape index (κ2) is 1.99. The maximum absolute atomic E-state index is 5.90. The van der Waals surface area contributed by atoms with Gasteiger partial charge in [0.15, 0.2) is 0 Å². The van der Waals surface area contributed by atoms with Crippen LogP contribution in [0, 0.1) is 0 Å². The summed E-state index contributed by atoms with van der Waals surface area (Å²) in [6, 6.07) is 1.75. The van der Waals surface area contributed by atoms with Crippen LogP contribution in [-0.2, 0) is 0 Å². The molecule has 2 aliphatic heterocycles. The lowest BCUT2D eigenvalue weighted by Gasteiger charge is -2.19. The van der Waals surface area contributed by atoms with Crippen LogP contribution in [0.5, 0.6) is 0 Å². The number of hydrogen-bond donors (Lipinski definition) is 1. The fourth-order valence-corrected chi connectivity index (χ4v) is 2.36. The predicted octanol–water partition coefficient (Wildman–Crippen LogP) is 0.694. The van der Waals surface area contributed by atoms with Gasteiger partial charge in [-0.15, -0.1) is 0 Å². The Morgan fingerprint density at radius 2 is 2.30 bits per heavy atom. The monoisotopic (exact) mass is 138 g/mol. The topological polar surface area (TPSA) is 29.3 Å². The highest BCUT2D eigenvalue weighted by Crippen LogP contribution is 2.36. The second-order valence-electron chi connectivity index (χ2n) is 3.33. The SMILES string of the molecule is C=CN1[C@@H]2CC[C@H]1[C@@H](N)C2. The van der Waals surface area contributed by atoms with Gasteiger partial charge in [0.05, 0.1) is 0 Å². The molecule has 0 amide bonds. The highest BCUT2D eigenvalue weighted by Gasteiger charge is 2.42. The summed E-state index contributed by atoms with van der Waals surface area (Å²) in [6.45, 7) is 3.79. The quantitative estimate of drug-likeness (QED) is 0.577. The van der Waals surface area contributed by atoms with E-state index in [1.165, 1.54) is 19.3 Å². The summed E-state index contributed by atoms with van der Waals surface area (Å²) in [7, 11) is 0. The zero-order valence-electron chi connectivity index (χ0n) is 6.16. The molecule has 0 aromatic heterocycles. The van der Waals surface area contributed by atoms with Crippen LogP contribution < -0.4 is 5.73 Å². The van der Waals surface area contributed by atoms with Crippen molar-refractivity contribution in [1.29, 1.82) is 0 Å². The van der Waals surface area contributed by atoms with Crippen LogP contribution in [0.1, 0.15) is 19.3 Å².